The summed E-state index contributed by atoms with van der Waals surface area (Å²) in [7, 11) is 1.68. The highest BCUT2D eigenvalue weighted by Crippen LogP contribution is 2.30. The van der Waals surface area contributed by atoms with Crippen LogP contribution in [0, 0.1) is 0 Å². The summed E-state index contributed by atoms with van der Waals surface area (Å²) >= 11 is 18.3. The maximum Gasteiger partial charge on any atom is 0.242 e. The Bertz CT molecular complexity index is 709. The molecule has 2 unspecified atom stereocenters. The Kier molecular flexibility index (Phi) is 6.25. The first-order chi connectivity index (χ1) is 11.0. The molecule has 0 bridgehead atoms. The van der Waals surface area contributed by atoms with Crippen LogP contribution in [0.15, 0.2) is 36.5 Å². The Morgan fingerprint density at radius 2 is 1.83 bits per heavy atom. The van der Waals surface area contributed by atoms with E-state index in [1.807, 2.05) is 6.92 Å². The lowest BCUT2D eigenvalue weighted by Gasteiger charge is -2.21. The number of pyridine rings is 1. The quantitative estimate of drug-likeness (QED) is 0.828. The van der Waals surface area contributed by atoms with Crippen LogP contribution in [0.3, 0.4) is 0 Å². The number of carbonyl (C=O) groups is 1. The van der Waals surface area contributed by atoms with Crippen LogP contribution in [0.25, 0.3) is 0 Å². The first-order valence-electron chi connectivity index (χ1n) is 6.97. The molecule has 1 aromatic heterocycles. The van der Waals surface area contributed by atoms with E-state index in [2.05, 4.69) is 15.6 Å². The topological polar surface area (TPSA) is 54.0 Å². The van der Waals surface area contributed by atoms with Gasteiger partial charge >= 0.3 is 0 Å². The molecule has 2 N–H and O–H groups in total. The number of halogens is 3. The lowest BCUT2D eigenvalue weighted by molar-refractivity contribution is -0.123. The summed E-state index contributed by atoms with van der Waals surface area (Å²) in [6.45, 7) is 1.82. The number of benzene rings is 1. The van der Waals surface area contributed by atoms with E-state index in [-0.39, 0.29) is 11.9 Å². The summed E-state index contributed by atoms with van der Waals surface area (Å²) in [5, 5.41) is 7.09. The second-order valence-corrected chi connectivity index (χ2v) is 6.16. The summed E-state index contributed by atoms with van der Waals surface area (Å²) in [4.78, 5) is 16.8. The Hall–Kier alpha value is -1.33. The highest BCUT2D eigenvalue weighted by Gasteiger charge is 2.24. The van der Waals surface area contributed by atoms with Crippen molar-refractivity contribution >= 4 is 40.7 Å². The first-order valence-corrected chi connectivity index (χ1v) is 8.11. The van der Waals surface area contributed by atoms with Crippen molar-refractivity contribution in [1.82, 2.24) is 15.6 Å². The second-order valence-electron chi connectivity index (χ2n) is 4.97. The van der Waals surface area contributed by atoms with E-state index < -0.39 is 6.04 Å². The van der Waals surface area contributed by atoms with Crippen LogP contribution in [0.1, 0.15) is 30.3 Å². The summed E-state index contributed by atoms with van der Waals surface area (Å²) in [6.07, 6.45) is 1.63. The van der Waals surface area contributed by atoms with Gasteiger partial charge in [-0.1, -0.05) is 46.9 Å². The van der Waals surface area contributed by atoms with Crippen molar-refractivity contribution in [3.05, 3.63) is 62.9 Å². The molecule has 0 saturated carbocycles. The zero-order chi connectivity index (χ0) is 17.0. The van der Waals surface area contributed by atoms with E-state index in [0.717, 1.165) is 0 Å². The van der Waals surface area contributed by atoms with Crippen LogP contribution in [-0.4, -0.2) is 17.9 Å². The van der Waals surface area contributed by atoms with Gasteiger partial charge in [0.2, 0.25) is 5.91 Å². The van der Waals surface area contributed by atoms with Crippen LogP contribution in [-0.2, 0) is 4.79 Å². The van der Waals surface area contributed by atoms with Gasteiger partial charge in [0.05, 0.1) is 26.8 Å². The molecule has 2 rings (SSSR count). The minimum atomic E-state index is -0.633. The van der Waals surface area contributed by atoms with E-state index in [9.17, 15) is 4.79 Å². The van der Waals surface area contributed by atoms with Crippen LogP contribution in [0.4, 0.5) is 0 Å². The zero-order valence-corrected chi connectivity index (χ0v) is 14.9. The van der Waals surface area contributed by atoms with Gasteiger partial charge in [-0.15, -0.1) is 0 Å². The van der Waals surface area contributed by atoms with Gasteiger partial charge in [-0.05, 0) is 37.7 Å². The van der Waals surface area contributed by atoms with Crippen LogP contribution >= 0.6 is 34.8 Å². The number of rotatable bonds is 5. The van der Waals surface area contributed by atoms with Gasteiger partial charge in [0.25, 0.3) is 0 Å². The number of nitrogens with one attached hydrogen (secondary N) is 2. The minimum Gasteiger partial charge on any atom is -0.346 e. The monoisotopic (exact) mass is 371 g/mol. The highest BCUT2D eigenvalue weighted by molar-refractivity contribution is 6.42. The molecule has 1 heterocycles. The molecule has 0 spiro atoms. The maximum atomic E-state index is 12.6. The SMILES string of the molecule is CNC(C(=O)NC(C)c1ncccc1Cl)c1cccc(Cl)c1Cl. The molecule has 122 valence electrons. The van der Waals surface area contributed by atoms with Gasteiger partial charge in [-0.2, -0.15) is 0 Å². The smallest absolute Gasteiger partial charge is 0.242 e. The van der Waals surface area contributed by atoms with E-state index in [1.54, 1.807) is 43.6 Å². The molecule has 23 heavy (non-hydrogen) atoms. The average Bonchev–Trinajstić information content (AvgIpc) is 2.52. The average molecular weight is 373 g/mol. The van der Waals surface area contributed by atoms with Crippen LogP contribution in [0.5, 0.6) is 0 Å². The lowest BCUT2D eigenvalue weighted by Crippen LogP contribution is -2.37. The Morgan fingerprint density at radius 3 is 2.48 bits per heavy atom. The summed E-state index contributed by atoms with van der Waals surface area (Å²) in [6, 6.07) is 7.68. The molecular weight excluding hydrogens is 357 g/mol. The molecule has 1 amide bonds. The van der Waals surface area contributed by atoms with E-state index in [1.165, 1.54) is 0 Å². The van der Waals surface area contributed by atoms with Crippen molar-refractivity contribution < 1.29 is 4.79 Å². The van der Waals surface area contributed by atoms with E-state index >= 15 is 0 Å². The van der Waals surface area contributed by atoms with Crippen LogP contribution in [0.2, 0.25) is 15.1 Å². The molecule has 2 atom stereocenters. The summed E-state index contributed by atoms with van der Waals surface area (Å²) < 4.78 is 0. The third-order valence-corrected chi connectivity index (χ3v) is 4.55. The van der Waals surface area contributed by atoms with Gasteiger partial charge in [-0.3, -0.25) is 9.78 Å². The maximum absolute atomic E-state index is 12.6. The summed E-state index contributed by atoms with van der Waals surface area (Å²) in [5.41, 5.74) is 1.22. The van der Waals surface area contributed by atoms with E-state index in [4.69, 9.17) is 34.8 Å². The third kappa shape index (κ3) is 4.15. The molecule has 0 aliphatic carbocycles. The van der Waals surface area contributed by atoms with Crippen molar-refractivity contribution in [2.45, 2.75) is 19.0 Å². The molecule has 4 nitrogen and oxygen atoms in total. The highest BCUT2D eigenvalue weighted by atomic mass is 35.5. The molecular formula is C16H16Cl3N3O. The van der Waals surface area contributed by atoms with Crippen molar-refractivity contribution in [3.63, 3.8) is 0 Å². The summed E-state index contributed by atoms with van der Waals surface area (Å²) in [5.74, 6) is -0.245. The third-order valence-electron chi connectivity index (χ3n) is 3.40. The van der Waals surface area contributed by atoms with Crippen molar-refractivity contribution in [3.8, 4) is 0 Å². The number of aromatic nitrogens is 1. The number of carbonyl (C=O) groups excluding carboxylic acids is 1. The zero-order valence-electron chi connectivity index (χ0n) is 12.6. The Balaban J connectivity index is 2.21. The fourth-order valence-corrected chi connectivity index (χ4v) is 2.96. The molecule has 0 fully saturated rings. The van der Waals surface area contributed by atoms with E-state index in [0.29, 0.717) is 26.3 Å². The predicted octanol–water partition coefficient (Wildman–Crippen LogP) is 4.18. The molecule has 0 aliphatic heterocycles. The number of hydrogen-bond acceptors (Lipinski definition) is 3. The lowest BCUT2D eigenvalue weighted by atomic mass is 10.1. The first kappa shape index (κ1) is 18.0. The molecule has 7 heteroatoms. The fraction of sp³-hybridized carbons (Fsp3) is 0.250. The predicted molar refractivity (Wildman–Crippen MR) is 94.1 cm³/mol. The number of hydrogen-bond donors (Lipinski definition) is 2. The molecule has 0 radical (unpaired) electrons. The Labute approximate surface area is 150 Å². The standard InChI is InChI=1S/C16H16Cl3N3O/c1-9(14-12(18)7-4-8-21-14)22-16(23)15(20-2)10-5-3-6-11(17)13(10)19/h3-9,15,20H,1-2H3,(H,22,23). The van der Waals surface area contributed by atoms with Gasteiger partial charge in [-0.25, -0.2) is 0 Å². The van der Waals surface area contributed by atoms with Crippen LogP contribution < -0.4 is 10.6 Å². The van der Waals surface area contributed by atoms with Gasteiger partial charge in [0.1, 0.15) is 6.04 Å². The van der Waals surface area contributed by atoms with Crippen molar-refractivity contribution in [2.75, 3.05) is 7.05 Å². The number of amides is 1. The molecule has 2 aromatic rings. The molecule has 0 saturated heterocycles. The molecule has 0 aliphatic rings. The second kappa shape index (κ2) is 7.97. The normalized spacial score (nSPS) is 13.4. The molecule has 1 aromatic carbocycles. The van der Waals surface area contributed by atoms with Gasteiger partial charge in [0, 0.05) is 6.20 Å². The number of likely N-dealkylation sites (N-methyl/N-ethyl adjacent to an activating group) is 1. The van der Waals surface area contributed by atoms with Crippen molar-refractivity contribution in [2.24, 2.45) is 0 Å². The Morgan fingerprint density at radius 1 is 1.13 bits per heavy atom. The minimum absolute atomic E-state index is 0.245. The fourth-order valence-electron chi connectivity index (χ4n) is 2.25. The number of nitrogens with zero attached hydrogens (tertiary/aromatic N) is 1. The van der Waals surface area contributed by atoms with Gasteiger partial charge in [0.15, 0.2) is 0 Å². The largest absolute Gasteiger partial charge is 0.346 e. The van der Waals surface area contributed by atoms with Gasteiger partial charge < -0.3 is 10.6 Å². The van der Waals surface area contributed by atoms with Crippen molar-refractivity contribution in [1.29, 1.82) is 0 Å².